The Bertz CT molecular complexity index is 1390. The van der Waals surface area contributed by atoms with Crippen LogP contribution in [0.4, 0.5) is 0 Å². The number of esters is 1. The highest BCUT2D eigenvalue weighted by atomic mass is 16.6. The van der Waals surface area contributed by atoms with Gasteiger partial charge in [-0.25, -0.2) is 4.79 Å². The molecule has 3 aromatic carbocycles. The van der Waals surface area contributed by atoms with E-state index in [0.717, 1.165) is 0 Å². The molecule has 0 fully saturated rings. The molecule has 0 saturated carbocycles. The fraction of sp³-hybridized carbons (Fsp3) is 0.0455. The van der Waals surface area contributed by atoms with Gasteiger partial charge in [-0.2, -0.15) is 0 Å². The van der Waals surface area contributed by atoms with E-state index in [0.29, 0.717) is 39.3 Å². The van der Waals surface area contributed by atoms with Crippen molar-refractivity contribution >= 4 is 5.97 Å². The minimum absolute atomic E-state index is 0.0143. The third-order valence-electron chi connectivity index (χ3n) is 5.48. The Labute approximate surface area is 174 Å². The third kappa shape index (κ3) is 2.28. The Morgan fingerprint density at radius 3 is 2.52 bits per heavy atom. The highest BCUT2D eigenvalue weighted by molar-refractivity contribution is 5.97. The largest absolute Gasteiger partial charge is 0.508 e. The highest BCUT2D eigenvalue weighted by Crippen LogP contribution is 2.59. The molecule has 1 aromatic heterocycles. The van der Waals surface area contributed by atoms with E-state index in [1.54, 1.807) is 24.3 Å². The number of phenolic OH excluding ortho intramolecular Hbond substituents is 2. The molecule has 4 aromatic rings. The van der Waals surface area contributed by atoms with Gasteiger partial charge in [0, 0.05) is 28.8 Å². The number of aromatic hydroxyl groups is 2. The van der Waals surface area contributed by atoms with Gasteiger partial charge in [-0.15, -0.1) is 10.2 Å². The van der Waals surface area contributed by atoms with Crippen molar-refractivity contribution < 1.29 is 24.5 Å². The zero-order valence-electron chi connectivity index (χ0n) is 15.7. The number of benzene rings is 3. The van der Waals surface area contributed by atoms with E-state index < -0.39 is 11.6 Å². The van der Waals surface area contributed by atoms with E-state index in [-0.39, 0.29) is 17.2 Å². The number of hydrogen-bond acceptors (Lipinski definition) is 9. The minimum Gasteiger partial charge on any atom is -0.508 e. The molecule has 0 bridgehead atoms. The van der Waals surface area contributed by atoms with Crippen LogP contribution in [0.2, 0.25) is 0 Å². The Kier molecular flexibility index (Phi) is 3.35. The van der Waals surface area contributed by atoms with Crippen LogP contribution in [0, 0.1) is 0 Å². The van der Waals surface area contributed by atoms with Crippen molar-refractivity contribution in [3.8, 4) is 34.3 Å². The smallest absolute Gasteiger partial charge is 0.340 e. The first-order valence-corrected chi connectivity index (χ1v) is 9.31. The first-order chi connectivity index (χ1) is 15.1. The minimum atomic E-state index is -1.39. The summed E-state index contributed by atoms with van der Waals surface area (Å²) in [5, 5.41) is 35.3. The van der Waals surface area contributed by atoms with Gasteiger partial charge in [-0.3, -0.25) is 0 Å². The molecule has 6 rings (SSSR count). The molecule has 1 unspecified atom stereocenters. The number of rotatable bonds is 1. The summed E-state index contributed by atoms with van der Waals surface area (Å²) in [6, 6.07) is 14.5. The fourth-order valence-electron chi connectivity index (χ4n) is 4.31. The van der Waals surface area contributed by atoms with Crippen molar-refractivity contribution in [1.82, 2.24) is 20.6 Å². The molecular weight excluding hydrogens is 400 g/mol. The molecule has 9 heteroatoms. The first kappa shape index (κ1) is 17.3. The second-order valence-electron chi connectivity index (χ2n) is 7.17. The van der Waals surface area contributed by atoms with Gasteiger partial charge in [0.1, 0.15) is 28.7 Å². The average molecular weight is 412 g/mol. The van der Waals surface area contributed by atoms with Crippen LogP contribution >= 0.6 is 0 Å². The summed E-state index contributed by atoms with van der Waals surface area (Å²) in [5.41, 5.74) is 1.35. The van der Waals surface area contributed by atoms with Gasteiger partial charge >= 0.3 is 5.97 Å². The highest BCUT2D eigenvalue weighted by Gasteiger charge is 2.55. The standard InChI is InChI=1S/C22H12N4O5/c27-11-5-6-16-18(8-11)30-19-9-12(28)7-14(17-10-23-25-26-24-17)20(19)22(16)15-4-2-1-3-13(15)21(29)31-22/h1-10,27-28H. The molecule has 0 aliphatic carbocycles. The van der Waals surface area contributed by atoms with Gasteiger partial charge in [-0.1, -0.05) is 18.2 Å². The number of aromatic nitrogens is 4. The Morgan fingerprint density at radius 1 is 0.839 bits per heavy atom. The lowest BCUT2D eigenvalue weighted by molar-refractivity contribution is 0.0226. The van der Waals surface area contributed by atoms with E-state index >= 15 is 0 Å². The van der Waals surface area contributed by atoms with Gasteiger partial charge in [0.2, 0.25) is 0 Å². The van der Waals surface area contributed by atoms with Crippen molar-refractivity contribution in [2.24, 2.45) is 0 Å². The number of nitrogens with zero attached hydrogens (tertiary/aromatic N) is 4. The summed E-state index contributed by atoms with van der Waals surface area (Å²) in [4.78, 5) is 12.9. The third-order valence-corrected chi connectivity index (χ3v) is 5.48. The number of ether oxygens (including phenoxy) is 2. The maximum absolute atomic E-state index is 12.9. The lowest BCUT2D eigenvalue weighted by atomic mass is 9.75. The SMILES string of the molecule is O=C1OC2(c3ccc(O)cc3Oc3cc(O)cc(-c4cnnnn4)c32)c2ccccc21. The molecule has 2 aliphatic rings. The van der Waals surface area contributed by atoms with Gasteiger partial charge < -0.3 is 19.7 Å². The topological polar surface area (TPSA) is 128 Å². The van der Waals surface area contributed by atoms with Crippen LogP contribution in [-0.2, 0) is 10.3 Å². The van der Waals surface area contributed by atoms with E-state index in [1.165, 1.54) is 30.5 Å². The quantitative estimate of drug-likeness (QED) is 0.454. The Balaban J connectivity index is 1.78. The first-order valence-electron chi connectivity index (χ1n) is 9.31. The molecular formula is C22H12N4O5. The summed E-state index contributed by atoms with van der Waals surface area (Å²) >= 11 is 0. The Hall–Kier alpha value is -4.53. The summed E-state index contributed by atoms with van der Waals surface area (Å²) in [5.74, 6) is -0.0626. The summed E-state index contributed by atoms with van der Waals surface area (Å²) in [7, 11) is 0. The molecule has 2 N–H and O–H groups in total. The van der Waals surface area contributed by atoms with Crippen LogP contribution in [0.1, 0.15) is 27.0 Å². The van der Waals surface area contributed by atoms with Crippen LogP contribution in [0.25, 0.3) is 11.3 Å². The van der Waals surface area contributed by atoms with Crippen molar-refractivity contribution in [1.29, 1.82) is 0 Å². The second-order valence-corrected chi connectivity index (χ2v) is 7.17. The molecule has 3 heterocycles. The molecule has 31 heavy (non-hydrogen) atoms. The predicted octanol–water partition coefficient (Wildman–Crippen LogP) is 2.91. The molecule has 2 aliphatic heterocycles. The number of hydrogen-bond donors (Lipinski definition) is 2. The lowest BCUT2D eigenvalue weighted by Gasteiger charge is -2.37. The monoisotopic (exact) mass is 412 g/mol. The normalized spacial score (nSPS) is 18.0. The van der Waals surface area contributed by atoms with E-state index in [1.807, 2.05) is 6.07 Å². The van der Waals surface area contributed by atoms with Crippen molar-refractivity contribution in [2.45, 2.75) is 5.60 Å². The Morgan fingerprint density at radius 2 is 1.68 bits per heavy atom. The summed E-state index contributed by atoms with van der Waals surface area (Å²) < 4.78 is 12.1. The molecule has 1 atom stereocenters. The lowest BCUT2D eigenvalue weighted by Crippen LogP contribution is -2.33. The second kappa shape index (κ2) is 5.99. The molecule has 0 amide bonds. The zero-order chi connectivity index (χ0) is 21.2. The zero-order valence-corrected chi connectivity index (χ0v) is 15.7. The molecule has 150 valence electrons. The molecule has 0 radical (unpaired) electrons. The fourth-order valence-corrected chi connectivity index (χ4v) is 4.31. The van der Waals surface area contributed by atoms with Gasteiger partial charge in [0.05, 0.1) is 17.3 Å². The molecule has 0 saturated heterocycles. The van der Waals surface area contributed by atoms with Crippen LogP contribution in [0.3, 0.4) is 0 Å². The van der Waals surface area contributed by atoms with Crippen LogP contribution < -0.4 is 4.74 Å². The predicted molar refractivity (Wildman–Crippen MR) is 105 cm³/mol. The van der Waals surface area contributed by atoms with Crippen molar-refractivity contribution in [3.63, 3.8) is 0 Å². The van der Waals surface area contributed by atoms with E-state index in [2.05, 4.69) is 20.6 Å². The maximum Gasteiger partial charge on any atom is 0.340 e. The van der Waals surface area contributed by atoms with Gasteiger partial charge in [-0.05, 0) is 34.7 Å². The number of carbonyl (C=O) groups excluding carboxylic acids is 1. The van der Waals surface area contributed by atoms with E-state index in [4.69, 9.17) is 9.47 Å². The van der Waals surface area contributed by atoms with Crippen molar-refractivity contribution in [3.05, 3.63) is 83.0 Å². The average Bonchev–Trinajstić information content (AvgIpc) is 3.06. The molecule has 1 spiro atoms. The summed E-state index contributed by atoms with van der Waals surface area (Å²) in [6.07, 6.45) is 1.39. The number of carbonyl (C=O) groups is 1. The number of phenols is 2. The van der Waals surface area contributed by atoms with E-state index in [9.17, 15) is 15.0 Å². The van der Waals surface area contributed by atoms with Gasteiger partial charge in [0.25, 0.3) is 0 Å². The summed E-state index contributed by atoms with van der Waals surface area (Å²) in [6.45, 7) is 0. The van der Waals surface area contributed by atoms with Gasteiger partial charge in [0.15, 0.2) is 5.60 Å². The van der Waals surface area contributed by atoms with Crippen LogP contribution in [0.15, 0.2) is 60.8 Å². The molecule has 9 nitrogen and oxygen atoms in total. The number of fused-ring (bicyclic) bond motifs is 6. The van der Waals surface area contributed by atoms with Crippen molar-refractivity contribution in [2.75, 3.05) is 0 Å². The maximum atomic E-state index is 12.9. The van der Waals surface area contributed by atoms with Crippen LogP contribution in [0.5, 0.6) is 23.0 Å². The van der Waals surface area contributed by atoms with Crippen LogP contribution in [-0.4, -0.2) is 36.8 Å².